The number of anilines is 1. The van der Waals surface area contributed by atoms with Gasteiger partial charge in [-0.3, -0.25) is 5.32 Å². The predicted molar refractivity (Wildman–Crippen MR) is 70.8 cm³/mol. The van der Waals surface area contributed by atoms with E-state index in [9.17, 15) is 9.59 Å². The largest absolute Gasteiger partial charge is 0.352 e. The van der Waals surface area contributed by atoms with Crippen LogP contribution in [0.1, 0.15) is 12.8 Å². The fourth-order valence-electron chi connectivity index (χ4n) is 2.06. The summed E-state index contributed by atoms with van der Waals surface area (Å²) in [5.41, 5.74) is 6.60. The lowest BCUT2D eigenvalue weighted by molar-refractivity contribution is 0.176. The topological polar surface area (TPSA) is 113 Å². The number of carbonyl (C=O) groups excluding carboxylic acids is 2. The van der Waals surface area contributed by atoms with Crippen molar-refractivity contribution in [1.82, 2.24) is 20.4 Å². The van der Waals surface area contributed by atoms with E-state index in [1.807, 2.05) is 0 Å². The van der Waals surface area contributed by atoms with Crippen molar-refractivity contribution in [2.45, 2.75) is 12.8 Å². The second kappa shape index (κ2) is 6.32. The van der Waals surface area contributed by atoms with E-state index in [1.165, 1.54) is 11.3 Å². The molecule has 9 heteroatoms. The minimum atomic E-state index is -0.532. The summed E-state index contributed by atoms with van der Waals surface area (Å²) in [6.07, 6.45) is 1.89. The van der Waals surface area contributed by atoms with Crippen LogP contribution in [0.5, 0.6) is 0 Å². The van der Waals surface area contributed by atoms with Crippen LogP contribution in [-0.4, -0.2) is 46.8 Å². The molecule has 0 aliphatic carbocycles. The molecular weight excluding hydrogens is 268 g/mol. The van der Waals surface area contributed by atoms with Crippen molar-refractivity contribution in [3.63, 3.8) is 0 Å². The molecule has 2 rings (SSSR count). The Kier molecular flexibility index (Phi) is 4.50. The quantitative estimate of drug-likeness (QED) is 0.747. The van der Waals surface area contributed by atoms with E-state index >= 15 is 0 Å². The summed E-state index contributed by atoms with van der Waals surface area (Å²) in [4.78, 5) is 24.4. The zero-order valence-electron chi connectivity index (χ0n) is 10.3. The van der Waals surface area contributed by atoms with E-state index in [0.29, 0.717) is 24.8 Å². The number of nitrogens with one attached hydrogen (secondary N) is 2. The molecule has 1 aromatic heterocycles. The van der Waals surface area contributed by atoms with Gasteiger partial charge in [0, 0.05) is 19.6 Å². The molecule has 1 fully saturated rings. The maximum Gasteiger partial charge on any atom is 0.323 e. The molecule has 1 aromatic rings. The van der Waals surface area contributed by atoms with Gasteiger partial charge in [-0.15, -0.1) is 10.2 Å². The third kappa shape index (κ3) is 4.05. The van der Waals surface area contributed by atoms with Gasteiger partial charge in [-0.1, -0.05) is 11.3 Å². The number of likely N-dealkylation sites (tertiary alicyclic amines) is 1. The van der Waals surface area contributed by atoms with Crippen molar-refractivity contribution in [2.75, 3.05) is 25.0 Å². The van der Waals surface area contributed by atoms with Crippen LogP contribution in [0.4, 0.5) is 14.7 Å². The lowest BCUT2D eigenvalue weighted by Crippen LogP contribution is -2.46. The number of carbonyl (C=O) groups is 2. The summed E-state index contributed by atoms with van der Waals surface area (Å²) in [5.74, 6) is 0.237. The van der Waals surface area contributed by atoms with Gasteiger partial charge in [0.1, 0.15) is 5.51 Å². The van der Waals surface area contributed by atoms with Crippen LogP contribution < -0.4 is 16.4 Å². The van der Waals surface area contributed by atoms with Crippen molar-refractivity contribution < 1.29 is 9.59 Å². The highest BCUT2D eigenvalue weighted by molar-refractivity contribution is 7.13. The molecule has 4 amide bonds. The molecule has 0 saturated carbocycles. The predicted octanol–water partition coefficient (Wildman–Crippen LogP) is 0.450. The zero-order chi connectivity index (χ0) is 13.7. The molecule has 1 aliphatic rings. The summed E-state index contributed by atoms with van der Waals surface area (Å²) in [6, 6.07) is -0.712. The second-order valence-electron chi connectivity index (χ2n) is 4.37. The van der Waals surface area contributed by atoms with Gasteiger partial charge in [-0.2, -0.15) is 0 Å². The van der Waals surface area contributed by atoms with Crippen LogP contribution in [0.15, 0.2) is 5.51 Å². The van der Waals surface area contributed by atoms with Crippen LogP contribution in [0.2, 0.25) is 0 Å². The fraction of sp³-hybridized carbons (Fsp3) is 0.600. The number of nitrogens with zero attached hydrogens (tertiary/aromatic N) is 3. The van der Waals surface area contributed by atoms with Crippen molar-refractivity contribution in [1.29, 1.82) is 0 Å². The highest BCUT2D eigenvalue weighted by Crippen LogP contribution is 2.17. The van der Waals surface area contributed by atoms with E-state index in [1.54, 1.807) is 10.4 Å². The second-order valence-corrected chi connectivity index (χ2v) is 5.21. The van der Waals surface area contributed by atoms with Gasteiger partial charge in [0.25, 0.3) is 0 Å². The molecule has 0 bridgehead atoms. The number of rotatable bonds is 3. The van der Waals surface area contributed by atoms with Gasteiger partial charge >= 0.3 is 12.1 Å². The molecule has 0 radical (unpaired) electrons. The van der Waals surface area contributed by atoms with Crippen molar-refractivity contribution in [3.05, 3.63) is 5.51 Å². The Balaban J connectivity index is 1.82. The molecular formula is C10H16N6O2S. The van der Waals surface area contributed by atoms with E-state index in [-0.39, 0.29) is 11.9 Å². The Morgan fingerprint density at radius 2 is 2.42 bits per heavy atom. The van der Waals surface area contributed by atoms with Gasteiger partial charge in [0.2, 0.25) is 5.13 Å². The number of primary amides is 1. The number of hydrogen-bond acceptors (Lipinski definition) is 5. The molecule has 1 aliphatic heterocycles. The van der Waals surface area contributed by atoms with Crippen molar-refractivity contribution in [2.24, 2.45) is 11.7 Å². The lowest BCUT2D eigenvalue weighted by Gasteiger charge is -2.32. The maximum absolute atomic E-state index is 12.0. The van der Waals surface area contributed by atoms with Gasteiger partial charge in [-0.25, -0.2) is 9.59 Å². The first-order valence-electron chi connectivity index (χ1n) is 6.00. The Morgan fingerprint density at radius 1 is 1.58 bits per heavy atom. The number of amides is 4. The molecule has 104 valence electrons. The smallest absolute Gasteiger partial charge is 0.323 e. The molecule has 8 nitrogen and oxygen atoms in total. The highest BCUT2D eigenvalue weighted by atomic mass is 32.1. The molecule has 2 heterocycles. The van der Waals surface area contributed by atoms with E-state index in [2.05, 4.69) is 20.8 Å². The number of aromatic nitrogens is 2. The molecule has 0 unspecified atom stereocenters. The van der Waals surface area contributed by atoms with Gasteiger partial charge in [0.15, 0.2) is 0 Å². The summed E-state index contributed by atoms with van der Waals surface area (Å²) in [6.45, 7) is 1.81. The average Bonchev–Trinajstić information content (AvgIpc) is 2.89. The summed E-state index contributed by atoms with van der Waals surface area (Å²) in [7, 11) is 0. The average molecular weight is 284 g/mol. The molecule has 19 heavy (non-hydrogen) atoms. The van der Waals surface area contributed by atoms with Crippen LogP contribution in [0.25, 0.3) is 0 Å². The van der Waals surface area contributed by atoms with Crippen LogP contribution in [0.3, 0.4) is 0 Å². The van der Waals surface area contributed by atoms with Crippen molar-refractivity contribution in [3.8, 4) is 0 Å². The monoisotopic (exact) mass is 284 g/mol. The normalized spacial score (nSPS) is 18.9. The molecule has 0 aromatic carbocycles. The SMILES string of the molecule is NC(=O)NC[C@H]1CCCN(C(=O)Nc2nncs2)C1. The van der Waals surface area contributed by atoms with Crippen LogP contribution in [0, 0.1) is 5.92 Å². The standard InChI is InChI=1S/C10H16N6O2S/c11-8(17)12-4-7-2-1-3-16(5-7)10(18)14-9-15-13-6-19-9/h6-7H,1-5H2,(H3,11,12,17)(H,14,15,18)/t7-/m1/s1. The first-order valence-corrected chi connectivity index (χ1v) is 6.88. The number of hydrogen-bond donors (Lipinski definition) is 3. The lowest BCUT2D eigenvalue weighted by atomic mass is 9.98. The Hall–Kier alpha value is -1.90. The van der Waals surface area contributed by atoms with Gasteiger partial charge in [0.05, 0.1) is 0 Å². The first-order chi connectivity index (χ1) is 9.15. The Labute approximate surface area is 114 Å². The Bertz CT molecular complexity index is 437. The summed E-state index contributed by atoms with van der Waals surface area (Å²) >= 11 is 1.28. The van der Waals surface area contributed by atoms with Gasteiger partial charge in [-0.05, 0) is 18.8 Å². The van der Waals surface area contributed by atoms with Crippen LogP contribution >= 0.6 is 11.3 Å². The van der Waals surface area contributed by atoms with Crippen LogP contribution in [-0.2, 0) is 0 Å². The first kappa shape index (κ1) is 13.5. The molecule has 1 atom stereocenters. The minimum Gasteiger partial charge on any atom is -0.352 e. The highest BCUT2D eigenvalue weighted by Gasteiger charge is 2.24. The van der Waals surface area contributed by atoms with Gasteiger partial charge < -0.3 is 16.0 Å². The van der Waals surface area contributed by atoms with E-state index in [4.69, 9.17) is 5.73 Å². The maximum atomic E-state index is 12.0. The third-order valence-electron chi connectivity index (χ3n) is 2.95. The van der Waals surface area contributed by atoms with Crippen molar-refractivity contribution >= 4 is 28.5 Å². The Morgan fingerprint density at radius 3 is 3.11 bits per heavy atom. The summed E-state index contributed by atoms with van der Waals surface area (Å²) < 4.78 is 0. The molecule has 0 spiro atoms. The fourth-order valence-corrected chi connectivity index (χ4v) is 2.49. The third-order valence-corrected chi connectivity index (χ3v) is 3.55. The number of nitrogens with two attached hydrogens (primary N) is 1. The van der Waals surface area contributed by atoms with E-state index in [0.717, 1.165) is 12.8 Å². The molecule has 1 saturated heterocycles. The van der Waals surface area contributed by atoms with E-state index < -0.39 is 6.03 Å². The number of piperidine rings is 1. The minimum absolute atomic E-state index is 0.180. The number of urea groups is 2. The molecule has 4 N–H and O–H groups in total. The summed E-state index contributed by atoms with van der Waals surface area (Å²) in [5, 5.41) is 13.2. The zero-order valence-corrected chi connectivity index (χ0v) is 11.2.